The van der Waals surface area contributed by atoms with E-state index in [1.807, 2.05) is 0 Å². The Morgan fingerprint density at radius 2 is 2.09 bits per heavy atom. The molecule has 4 nitrogen and oxygen atoms in total. The highest BCUT2D eigenvalue weighted by molar-refractivity contribution is 7.14. The van der Waals surface area contributed by atoms with Crippen LogP contribution in [0.25, 0.3) is 0 Å². The van der Waals surface area contributed by atoms with Crippen molar-refractivity contribution in [1.29, 1.82) is 0 Å². The number of thiophene rings is 1. The topological polar surface area (TPSA) is 47.6 Å². The second-order valence-electron chi connectivity index (χ2n) is 4.22. The van der Waals surface area contributed by atoms with Gasteiger partial charge in [0.05, 0.1) is 12.7 Å². The molecule has 1 N–H and O–H groups in total. The molecule has 2 aromatic rings. The molecule has 1 amide bonds. The Bertz CT molecular complexity index is 655. The van der Waals surface area contributed by atoms with Gasteiger partial charge >= 0.3 is 12.3 Å². The molecule has 0 saturated heterocycles. The molecule has 22 heavy (non-hydrogen) atoms. The Balaban J connectivity index is 2.05. The van der Waals surface area contributed by atoms with Crippen LogP contribution in [-0.2, 0) is 17.5 Å². The van der Waals surface area contributed by atoms with E-state index in [2.05, 4.69) is 10.1 Å². The fourth-order valence-electron chi connectivity index (χ4n) is 1.64. The van der Waals surface area contributed by atoms with Crippen LogP contribution in [0.5, 0.6) is 5.75 Å². The first-order chi connectivity index (χ1) is 10.4. The van der Waals surface area contributed by atoms with Gasteiger partial charge in [-0.2, -0.15) is 13.2 Å². The van der Waals surface area contributed by atoms with Crippen molar-refractivity contribution in [2.45, 2.75) is 12.8 Å². The number of hydrogen-bond donors (Lipinski definition) is 1. The molecule has 1 aromatic heterocycles. The zero-order valence-corrected chi connectivity index (χ0v) is 12.3. The number of anilines is 1. The first kappa shape index (κ1) is 16.2. The molecule has 8 heteroatoms. The maximum atomic E-state index is 12.6. The number of benzene rings is 1. The first-order valence-electron chi connectivity index (χ1n) is 6.11. The number of nitrogens with one attached hydrogen (secondary N) is 1. The van der Waals surface area contributed by atoms with Gasteiger partial charge in [-0.3, -0.25) is 5.32 Å². The van der Waals surface area contributed by atoms with Gasteiger partial charge in [-0.25, -0.2) is 4.79 Å². The molecule has 0 aliphatic heterocycles. The van der Waals surface area contributed by atoms with Crippen molar-refractivity contribution in [2.24, 2.45) is 0 Å². The lowest BCUT2D eigenvalue weighted by Gasteiger charge is -2.10. The average Bonchev–Trinajstić information content (AvgIpc) is 2.91. The number of carbonyl (C=O) groups is 1. The smallest absolute Gasteiger partial charge is 0.416 e. The summed E-state index contributed by atoms with van der Waals surface area (Å²) in [5.74, 6) is 0.368. The molecule has 0 spiro atoms. The van der Waals surface area contributed by atoms with Crippen molar-refractivity contribution < 1.29 is 27.4 Å². The number of alkyl halides is 3. The van der Waals surface area contributed by atoms with Crippen LogP contribution in [0.15, 0.2) is 35.7 Å². The second-order valence-corrected chi connectivity index (χ2v) is 5.13. The van der Waals surface area contributed by atoms with Crippen molar-refractivity contribution >= 4 is 22.4 Å². The molecule has 0 saturated carbocycles. The van der Waals surface area contributed by atoms with Crippen LogP contribution in [0.3, 0.4) is 0 Å². The zero-order chi connectivity index (χ0) is 16.2. The Hall–Kier alpha value is -2.22. The third-order valence-corrected chi connectivity index (χ3v) is 3.49. The lowest BCUT2D eigenvalue weighted by Crippen LogP contribution is -2.10. The van der Waals surface area contributed by atoms with E-state index in [1.54, 1.807) is 11.4 Å². The van der Waals surface area contributed by atoms with Gasteiger partial charge in [-0.05, 0) is 29.1 Å². The lowest BCUT2D eigenvalue weighted by molar-refractivity contribution is -0.137. The van der Waals surface area contributed by atoms with Gasteiger partial charge in [0.1, 0.15) is 11.6 Å². The fraction of sp³-hybridized carbons (Fsp3) is 0.214. The molecule has 1 aromatic carbocycles. The van der Waals surface area contributed by atoms with Gasteiger partial charge in [-0.1, -0.05) is 12.1 Å². The molecule has 0 bridgehead atoms. The number of amides is 1. The highest BCUT2D eigenvalue weighted by Gasteiger charge is 2.30. The van der Waals surface area contributed by atoms with E-state index in [0.29, 0.717) is 16.3 Å². The van der Waals surface area contributed by atoms with Crippen molar-refractivity contribution in [2.75, 3.05) is 12.4 Å². The van der Waals surface area contributed by atoms with Crippen molar-refractivity contribution in [3.63, 3.8) is 0 Å². The normalized spacial score (nSPS) is 11.1. The van der Waals surface area contributed by atoms with Crippen LogP contribution in [0.2, 0.25) is 0 Å². The largest absolute Gasteiger partial charge is 0.486 e. The number of ether oxygens (including phenoxy) is 2. The summed E-state index contributed by atoms with van der Waals surface area (Å²) in [6.45, 7) is -0.0451. The van der Waals surface area contributed by atoms with Gasteiger partial charge < -0.3 is 9.47 Å². The highest BCUT2D eigenvalue weighted by Crippen LogP contribution is 2.33. The molecule has 0 fully saturated rings. The Morgan fingerprint density at radius 3 is 2.77 bits per heavy atom. The van der Waals surface area contributed by atoms with E-state index in [1.165, 1.54) is 30.6 Å². The van der Waals surface area contributed by atoms with Crippen LogP contribution >= 0.6 is 11.3 Å². The Morgan fingerprint density at radius 1 is 1.32 bits per heavy atom. The van der Waals surface area contributed by atoms with E-state index in [-0.39, 0.29) is 6.61 Å². The molecule has 0 aliphatic rings. The SMILES string of the molecule is COC(=O)Nc1sccc1OCc1cccc(C(F)(F)F)c1. The van der Waals surface area contributed by atoms with Gasteiger partial charge in [0.25, 0.3) is 0 Å². The van der Waals surface area contributed by atoms with E-state index in [9.17, 15) is 18.0 Å². The third-order valence-electron chi connectivity index (χ3n) is 2.68. The van der Waals surface area contributed by atoms with E-state index < -0.39 is 17.8 Å². The molecule has 0 aliphatic carbocycles. The van der Waals surface area contributed by atoms with Crippen LogP contribution < -0.4 is 10.1 Å². The van der Waals surface area contributed by atoms with Gasteiger partial charge in [0.15, 0.2) is 5.75 Å². The summed E-state index contributed by atoms with van der Waals surface area (Å²) in [5.41, 5.74) is -0.350. The predicted molar refractivity (Wildman–Crippen MR) is 76.1 cm³/mol. The monoisotopic (exact) mass is 331 g/mol. The van der Waals surface area contributed by atoms with Crippen molar-refractivity contribution in [3.05, 3.63) is 46.8 Å². The predicted octanol–water partition coefficient (Wildman–Crippen LogP) is 4.52. The standard InChI is InChI=1S/C14H12F3NO3S/c1-20-13(19)18-12-11(5-6-22-12)21-8-9-3-2-4-10(7-9)14(15,16)17/h2-7H,8H2,1H3,(H,18,19). The Kier molecular flexibility index (Phi) is 4.92. The summed E-state index contributed by atoms with van der Waals surface area (Å²) in [4.78, 5) is 11.2. The maximum Gasteiger partial charge on any atom is 0.416 e. The molecule has 0 atom stereocenters. The van der Waals surface area contributed by atoms with E-state index >= 15 is 0 Å². The Labute approximate surface area is 128 Å². The molecule has 0 radical (unpaired) electrons. The zero-order valence-electron chi connectivity index (χ0n) is 11.4. The number of halogens is 3. The summed E-state index contributed by atoms with van der Waals surface area (Å²) in [7, 11) is 1.23. The summed E-state index contributed by atoms with van der Waals surface area (Å²) in [6.07, 6.45) is -5.04. The summed E-state index contributed by atoms with van der Waals surface area (Å²) < 4.78 is 47.8. The fourth-order valence-corrected chi connectivity index (χ4v) is 2.36. The maximum absolute atomic E-state index is 12.6. The quantitative estimate of drug-likeness (QED) is 0.896. The molecule has 118 valence electrons. The van der Waals surface area contributed by atoms with Crippen molar-refractivity contribution in [1.82, 2.24) is 0 Å². The number of methoxy groups -OCH3 is 1. The molecule has 1 heterocycles. The summed E-state index contributed by atoms with van der Waals surface area (Å²) in [5, 5.41) is 4.58. The molecule has 2 rings (SSSR count). The van der Waals surface area contributed by atoms with Gasteiger partial charge in [0.2, 0.25) is 0 Å². The van der Waals surface area contributed by atoms with Crippen LogP contribution in [0.1, 0.15) is 11.1 Å². The van der Waals surface area contributed by atoms with Crippen LogP contribution in [-0.4, -0.2) is 13.2 Å². The van der Waals surface area contributed by atoms with Gasteiger partial charge in [-0.15, -0.1) is 11.3 Å². The van der Waals surface area contributed by atoms with Crippen LogP contribution in [0, 0.1) is 0 Å². The molecule has 0 unspecified atom stereocenters. The number of hydrogen-bond acceptors (Lipinski definition) is 4. The van der Waals surface area contributed by atoms with Gasteiger partial charge in [0, 0.05) is 0 Å². The molecular weight excluding hydrogens is 319 g/mol. The van der Waals surface area contributed by atoms with Crippen LogP contribution in [0.4, 0.5) is 23.0 Å². The minimum atomic E-state index is -4.39. The first-order valence-corrected chi connectivity index (χ1v) is 6.99. The number of rotatable bonds is 4. The van der Waals surface area contributed by atoms with E-state index in [0.717, 1.165) is 12.1 Å². The third kappa shape index (κ3) is 4.14. The summed E-state index contributed by atoms with van der Waals surface area (Å²) >= 11 is 1.22. The minimum absolute atomic E-state index is 0.0451. The van der Waals surface area contributed by atoms with E-state index in [4.69, 9.17) is 4.74 Å². The number of carbonyl (C=O) groups excluding carboxylic acids is 1. The second kappa shape index (κ2) is 6.69. The highest BCUT2D eigenvalue weighted by atomic mass is 32.1. The lowest BCUT2D eigenvalue weighted by atomic mass is 10.1. The molecular formula is C14H12F3NO3S. The van der Waals surface area contributed by atoms with Crippen molar-refractivity contribution in [3.8, 4) is 5.75 Å². The minimum Gasteiger partial charge on any atom is -0.486 e. The average molecular weight is 331 g/mol. The summed E-state index contributed by atoms with van der Waals surface area (Å²) in [6, 6.07) is 6.50.